The van der Waals surface area contributed by atoms with E-state index in [0.717, 1.165) is 32.1 Å². The molecule has 0 aromatic rings. The highest BCUT2D eigenvalue weighted by atomic mass is 16.2. The topological polar surface area (TPSA) is 90.0 Å². The lowest BCUT2D eigenvalue weighted by Crippen LogP contribution is -2.48. The number of nitrogens with one attached hydrogen (secondary N) is 1. The van der Waals surface area contributed by atoms with Crippen LogP contribution in [0.1, 0.15) is 47.5 Å². The van der Waals surface area contributed by atoms with Gasteiger partial charge in [-0.15, -0.1) is 0 Å². The van der Waals surface area contributed by atoms with Crippen molar-refractivity contribution in [2.45, 2.75) is 47.5 Å². The molecule has 2 fully saturated rings. The second-order valence-electron chi connectivity index (χ2n) is 6.78. The summed E-state index contributed by atoms with van der Waals surface area (Å²) < 4.78 is 0. The molecule has 0 bridgehead atoms. The molecule has 27 heavy (non-hydrogen) atoms. The summed E-state index contributed by atoms with van der Waals surface area (Å²) in [6, 6.07) is 0. The third-order valence-electron chi connectivity index (χ3n) is 4.26. The van der Waals surface area contributed by atoms with Gasteiger partial charge in [0.25, 0.3) is 0 Å². The lowest BCUT2D eigenvalue weighted by atomic mass is 9.98. The van der Waals surface area contributed by atoms with Crippen LogP contribution in [0, 0.1) is 5.92 Å². The minimum Gasteiger partial charge on any atom is -0.359 e. The van der Waals surface area contributed by atoms with Crippen LogP contribution in [0.2, 0.25) is 0 Å². The molecule has 0 aromatic heterocycles. The summed E-state index contributed by atoms with van der Waals surface area (Å²) in [5.74, 6) is 1.32. The van der Waals surface area contributed by atoms with Crippen LogP contribution in [0.5, 0.6) is 0 Å². The highest BCUT2D eigenvalue weighted by molar-refractivity contribution is 5.74. The minimum absolute atomic E-state index is 0.00463. The highest BCUT2D eigenvalue weighted by Crippen LogP contribution is 2.17. The molecule has 0 unspecified atom stereocenters. The maximum Gasteiger partial charge on any atom is 0.219 e. The fraction of sp³-hybridized carbons (Fsp3) is 0.789. The van der Waals surface area contributed by atoms with Gasteiger partial charge >= 0.3 is 0 Å². The van der Waals surface area contributed by atoms with Gasteiger partial charge in [0.1, 0.15) is 0 Å². The highest BCUT2D eigenvalue weighted by Gasteiger charge is 2.26. The molecular formula is C19H38N4O4. The summed E-state index contributed by atoms with van der Waals surface area (Å²) in [5, 5.41) is 2.39. The van der Waals surface area contributed by atoms with E-state index in [4.69, 9.17) is 0 Å². The molecule has 4 amide bonds. The Labute approximate surface area is 164 Å². The summed E-state index contributed by atoms with van der Waals surface area (Å²) in [6.07, 6.45) is 2.41. The molecule has 1 N–H and O–H groups in total. The van der Waals surface area contributed by atoms with Gasteiger partial charge in [-0.1, -0.05) is 6.92 Å². The van der Waals surface area contributed by atoms with Crippen LogP contribution in [-0.2, 0) is 19.2 Å². The number of carbonyl (C=O) groups excluding carboxylic acids is 4. The van der Waals surface area contributed by atoms with Gasteiger partial charge < -0.3 is 20.0 Å². The predicted octanol–water partition coefficient (Wildman–Crippen LogP) is 0.960. The van der Waals surface area contributed by atoms with E-state index in [2.05, 4.69) is 12.2 Å². The smallest absolute Gasteiger partial charge is 0.219 e. The molecule has 2 aliphatic rings. The zero-order chi connectivity index (χ0) is 21.6. The zero-order valence-corrected chi connectivity index (χ0v) is 18.3. The number of hydrogen-bond acceptors (Lipinski definition) is 4. The van der Waals surface area contributed by atoms with Crippen molar-refractivity contribution in [1.29, 1.82) is 0 Å². The Kier molecular flexibility index (Phi) is 15.0. The summed E-state index contributed by atoms with van der Waals surface area (Å²) in [4.78, 5) is 46.0. The summed E-state index contributed by atoms with van der Waals surface area (Å²) in [6.45, 7) is 12.4. The molecule has 2 heterocycles. The van der Waals surface area contributed by atoms with Gasteiger partial charge in [0.2, 0.25) is 23.6 Å². The molecular weight excluding hydrogens is 348 g/mol. The van der Waals surface area contributed by atoms with Crippen molar-refractivity contribution in [2.24, 2.45) is 5.92 Å². The van der Waals surface area contributed by atoms with Crippen LogP contribution >= 0.6 is 0 Å². The summed E-state index contributed by atoms with van der Waals surface area (Å²) in [7, 11) is 5.05. The van der Waals surface area contributed by atoms with E-state index in [9.17, 15) is 19.2 Å². The predicted molar refractivity (Wildman–Crippen MR) is 107 cm³/mol. The molecule has 8 heteroatoms. The molecule has 0 atom stereocenters. The Morgan fingerprint density at radius 2 is 1.30 bits per heavy atom. The number of rotatable bonds is 1. The molecule has 0 radical (unpaired) electrons. The fourth-order valence-electron chi connectivity index (χ4n) is 1.72. The van der Waals surface area contributed by atoms with Gasteiger partial charge in [-0.2, -0.15) is 0 Å². The number of hydrogen-bond donors (Lipinski definition) is 1. The Hall–Kier alpha value is -2.12. The quantitative estimate of drug-likeness (QED) is 0.727. The van der Waals surface area contributed by atoms with Crippen molar-refractivity contribution in [2.75, 3.05) is 47.3 Å². The Bertz CT molecular complexity index is 470. The van der Waals surface area contributed by atoms with Crippen LogP contribution in [0.25, 0.3) is 0 Å². The van der Waals surface area contributed by atoms with Crippen molar-refractivity contribution in [3.05, 3.63) is 0 Å². The summed E-state index contributed by atoms with van der Waals surface area (Å²) >= 11 is 0. The Morgan fingerprint density at radius 1 is 0.926 bits per heavy atom. The van der Waals surface area contributed by atoms with Gasteiger partial charge in [-0.25, -0.2) is 0 Å². The first-order valence-electron chi connectivity index (χ1n) is 9.33. The molecule has 158 valence electrons. The van der Waals surface area contributed by atoms with E-state index in [1.165, 1.54) is 31.6 Å². The van der Waals surface area contributed by atoms with Crippen LogP contribution in [0.15, 0.2) is 0 Å². The van der Waals surface area contributed by atoms with Crippen LogP contribution < -0.4 is 5.32 Å². The number of nitrogens with zero attached hydrogens (tertiary/aromatic N) is 3. The van der Waals surface area contributed by atoms with E-state index in [1.807, 2.05) is 9.80 Å². The second-order valence-corrected chi connectivity index (χ2v) is 6.78. The monoisotopic (exact) mass is 386 g/mol. The Balaban J connectivity index is 0. The van der Waals surface area contributed by atoms with Crippen molar-refractivity contribution in [1.82, 2.24) is 20.0 Å². The van der Waals surface area contributed by atoms with Crippen molar-refractivity contribution in [3.63, 3.8) is 0 Å². The van der Waals surface area contributed by atoms with Gasteiger partial charge in [0.05, 0.1) is 0 Å². The third-order valence-corrected chi connectivity index (χ3v) is 4.26. The third kappa shape index (κ3) is 14.7. The average Bonchev–Trinajstić information content (AvgIpc) is 2.45. The molecule has 8 nitrogen and oxygen atoms in total. The van der Waals surface area contributed by atoms with E-state index < -0.39 is 0 Å². The molecule has 2 rings (SSSR count). The SMILES string of the molecule is CC(=O)N(C)C.CC(=O)N1CCC1.CCC1CN(C(C)=O)C1.CNC(C)=O. The van der Waals surface area contributed by atoms with Crippen LogP contribution in [0.4, 0.5) is 0 Å². The number of carbonyl (C=O) groups is 4. The normalized spacial score (nSPS) is 14.4. The number of likely N-dealkylation sites (tertiary alicyclic amines) is 2. The molecule has 0 saturated carbocycles. The van der Waals surface area contributed by atoms with E-state index in [-0.39, 0.29) is 23.6 Å². The number of amides is 4. The maximum atomic E-state index is 10.6. The maximum absolute atomic E-state index is 10.6. The van der Waals surface area contributed by atoms with Crippen molar-refractivity contribution in [3.8, 4) is 0 Å². The molecule has 0 aromatic carbocycles. The first kappa shape index (κ1) is 27.1. The summed E-state index contributed by atoms with van der Waals surface area (Å²) in [5.41, 5.74) is 0. The van der Waals surface area contributed by atoms with Crippen LogP contribution in [0.3, 0.4) is 0 Å². The second kappa shape index (κ2) is 15.0. The van der Waals surface area contributed by atoms with Gasteiger partial charge in [-0.3, -0.25) is 19.2 Å². The van der Waals surface area contributed by atoms with Crippen molar-refractivity contribution >= 4 is 23.6 Å². The van der Waals surface area contributed by atoms with Crippen molar-refractivity contribution < 1.29 is 19.2 Å². The molecule has 2 saturated heterocycles. The van der Waals surface area contributed by atoms with Gasteiger partial charge in [-0.05, 0) is 18.8 Å². The van der Waals surface area contributed by atoms with Crippen LogP contribution in [-0.4, -0.2) is 85.7 Å². The Morgan fingerprint density at radius 3 is 1.41 bits per heavy atom. The van der Waals surface area contributed by atoms with Gasteiger partial charge in [0, 0.05) is 75.0 Å². The lowest BCUT2D eigenvalue weighted by Gasteiger charge is -2.38. The standard InChI is InChI=1S/C7H13NO.C5H9NO.C4H9NO.C3H7NO/c1-3-7-4-8(5-7)6(2)9;1-5(7)6-3-2-4-6;1-4(6)5(2)3;1-3(5)4-2/h7H,3-5H2,1-2H3;2-4H2,1H3;1-3H3;1-2H3,(H,4,5). The zero-order valence-electron chi connectivity index (χ0n) is 18.3. The van der Waals surface area contributed by atoms with E-state index in [0.29, 0.717) is 0 Å². The lowest BCUT2D eigenvalue weighted by molar-refractivity contribution is -0.135. The van der Waals surface area contributed by atoms with E-state index in [1.54, 1.807) is 35.0 Å². The largest absolute Gasteiger partial charge is 0.359 e. The molecule has 0 spiro atoms. The first-order valence-corrected chi connectivity index (χ1v) is 9.33. The molecule has 2 aliphatic heterocycles. The first-order chi connectivity index (χ1) is 12.5. The van der Waals surface area contributed by atoms with E-state index >= 15 is 0 Å². The minimum atomic E-state index is 0.00463. The fourth-order valence-corrected chi connectivity index (χ4v) is 1.72. The van der Waals surface area contributed by atoms with Gasteiger partial charge in [0.15, 0.2) is 0 Å². The average molecular weight is 387 g/mol. The molecule has 0 aliphatic carbocycles.